The Hall–Kier alpha value is -3.39. The number of anilines is 1. The van der Waals surface area contributed by atoms with E-state index in [0.29, 0.717) is 16.7 Å². The summed E-state index contributed by atoms with van der Waals surface area (Å²) in [7, 11) is -3.76. The van der Waals surface area contributed by atoms with E-state index in [0.717, 1.165) is 0 Å². The largest absolute Gasteiger partial charge is 0.360 e. The topological polar surface area (TPSA) is 105 Å². The Morgan fingerprint density at radius 2 is 1.76 bits per heavy atom. The number of carbonyl (C=O) groups is 1. The van der Waals surface area contributed by atoms with E-state index in [-0.39, 0.29) is 10.7 Å². The Morgan fingerprint density at radius 3 is 2.38 bits per heavy atom. The number of aromatic nitrogens is 2. The van der Waals surface area contributed by atoms with Crippen LogP contribution in [0.4, 0.5) is 5.82 Å². The molecule has 2 aromatic carbocycles. The van der Waals surface area contributed by atoms with Gasteiger partial charge in [0.1, 0.15) is 11.5 Å². The van der Waals surface area contributed by atoms with Gasteiger partial charge in [-0.3, -0.25) is 4.79 Å². The number of rotatable bonds is 4. The standard InChI is InChI=1S/C14H13N3O4S.C7H8/c1-9-6-13(17-21-9)16-14(18)8-22(19,20)12-7-15-11-5-3-2-4-10(11)12;1-7-5-3-2-4-6-7/h2-7,15H,8H2,1H3,(H,16,17,18);2-6H,1H3. The van der Waals surface area contributed by atoms with Gasteiger partial charge in [-0.2, -0.15) is 0 Å². The molecular weight excluding hydrogens is 390 g/mol. The van der Waals surface area contributed by atoms with Crippen LogP contribution >= 0.6 is 0 Å². The third-order valence-corrected chi connectivity index (χ3v) is 5.69. The Morgan fingerprint density at radius 1 is 1.07 bits per heavy atom. The van der Waals surface area contributed by atoms with Crippen molar-refractivity contribution in [1.29, 1.82) is 0 Å². The summed E-state index contributed by atoms with van der Waals surface area (Å²) < 4.78 is 29.6. The van der Waals surface area contributed by atoms with Gasteiger partial charge in [-0.05, 0) is 19.9 Å². The number of fused-ring (bicyclic) bond motifs is 1. The number of benzene rings is 2. The zero-order valence-corrected chi connectivity index (χ0v) is 16.9. The second-order valence-electron chi connectivity index (χ2n) is 6.48. The van der Waals surface area contributed by atoms with Crippen LogP contribution in [0.2, 0.25) is 0 Å². The molecule has 0 atom stereocenters. The van der Waals surface area contributed by atoms with Gasteiger partial charge in [0.25, 0.3) is 0 Å². The molecular formula is C21H21N3O4S. The predicted molar refractivity (Wildman–Crippen MR) is 111 cm³/mol. The normalized spacial score (nSPS) is 11.0. The average molecular weight is 411 g/mol. The lowest BCUT2D eigenvalue weighted by Crippen LogP contribution is -2.23. The van der Waals surface area contributed by atoms with Crippen LogP contribution in [0.15, 0.2) is 76.3 Å². The third kappa shape index (κ3) is 5.32. The zero-order valence-electron chi connectivity index (χ0n) is 16.0. The molecule has 29 heavy (non-hydrogen) atoms. The first-order valence-electron chi connectivity index (χ1n) is 8.89. The number of sulfone groups is 1. The highest BCUT2D eigenvalue weighted by Crippen LogP contribution is 2.23. The van der Waals surface area contributed by atoms with Crippen molar-refractivity contribution in [2.75, 3.05) is 11.1 Å². The third-order valence-electron chi connectivity index (χ3n) is 4.04. The van der Waals surface area contributed by atoms with Crippen molar-refractivity contribution in [1.82, 2.24) is 10.1 Å². The van der Waals surface area contributed by atoms with Crippen LogP contribution in [-0.2, 0) is 14.6 Å². The number of nitrogens with zero attached hydrogens (tertiary/aromatic N) is 1. The molecule has 1 amide bonds. The highest BCUT2D eigenvalue weighted by Gasteiger charge is 2.23. The number of hydrogen-bond donors (Lipinski definition) is 2. The van der Waals surface area contributed by atoms with Crippen molar-refractivity contribution in [2.24, 2.45) is 0 Å². The van der Waals surface area contributed by atoms with Crippen molar-refractivity contribution in [2.45, 2.75) is 18.7 Å². The molecule has 2 heterocycles. The molecule has 0 fully saturated rings. The SMILES string of the molecule is Cc1cc(NC(=O)CS(=O)(=O)c2c[nH]c3ccccc23)no1.Cc1ccccc1. The van der Waals surface area contributed by atoms with Gasteiger partial charge in [-0.1, -0.05) is 59.3 Å². The number of amides is 1. The van der Waals surface area contributed by atoms with Crippen molar-refractivity contribution in [3.05, 3.63) is 78.2 Å². The Balaban J connectivity index is 0.000000290. The van der Waals surface area contributed by atoms with E-state index in [1.54, 1.807) is 31.2 Å². The maximum absolute atomic E-state index is 12.4. The number of H-pyrrole nitrogens is 1. The summed E-state index contributed by atoms with van der Waals surface area (Å²) >= 11 is 0. The van der Waals surface area contributed by atoms with Gasteiger partial charge in [0.15, 0.2) is 15.7 Å². The van der Waals surface area contributed by atoms with Gasteiger partial charge in [0.05, 0.1) is 4.90 Å². The summed E-state index contributed by atoms with van der Waals surface area (Å²) in [6, 6.07) is 18.8. The highest BCUT2D eigenvalue weighted by molar-refractivity contribution is 7.92. The van der Waals surface area contributed by atoms with E-state index in [9.17, 15) is 13.2 Å². The minimum atomic E-state index is -3.76. The fourth-order valence-electron chi connectivity index (χ4n) is 2.69. The average Bonchev–Trinajstić information content (AvgIpc) is 3.29. The van der Waals surface area contributed by atoms with Crippen molar-refractivity contribution in [3.63, 3.8) is 0 Å². The van der Waals surface area contributed by atoms with Crippen molar-refractivity contribution < 1.29 is 17.7 Å². The predicted octanol–water partition coefficient (Wildman–Crippen LogP) is 3.87. The summed E-state index contributed by atoms with van der Waals surface area (Å²) in [5, 5.41) is 6.55. The first kappa shape index (κ1) is 20.3. The van der Waals surface area contributed by atoms with E-state index >= 15 is 0 Å². The maximum atomic E-state index is 12.4. The van der Waals surface area contributed by atoms with E-state index in [1.807, 2.05) is 18.2 Å². The zero-order chi connectivity index (χ0) is 20.9. The van der Waals surface area contributed by atoms with Crippen LogP contribution in [0.3, 0.4) is 0 Å². The minimum Gasteiger partial charge on any atom is -0.360 e. The van der Waals surface area contributed by atoms with Gasteiger partial charge in [0.2, 0.25) is 5.91 Å². The molecule has 0 aliphatic carbocycles. The number of para-hydroxylation sites is 1. The summed E-state index contributed by atoms with van der Waals surface area (Å²) in [5.41, 5.74) is 2.02. The first-order chi connectivity index (χ1) is 13.8. The van der Waals surface area contributed by atoms with Gasteiger partial charge in [-0.25, -0.2) is 8.42 Å². The molecule has 4 aromatic rings. The fourth-order valence-corrected chi connectivity index (χ4v) is 4.02. The number of nitrogens with one attached hydrogen (secondary N) is 2. The number of aryl methyl sites for hydroxylation is 2. The molecule has 2 aromatic heterocycles. The lowest BCUT2D eigenvalue weighted by Gasteiger charge is -2.03. The van der Waals surface area contributed by atoms with E-state index in [2.05, 4.69) is 34.5 Å². The van der Waals surface area contributed by atoms with Crippen LogP contribution in [0.25, 0.3) is 10.9 Å². The molecule has 8 heteroatoms. The van der Waals surface area contributed by atoms with E-state index in [1.165, 1.54) is 17.8 Å². The second-order valence-corrected chi connectivity index (χ2v) is 8.44. The summed E-state index contributed by atoms with van der Waals surface area (Å²) in [5.74, 6) is -0.620. The van der Waals surface area contributed by atoms with Crippen LogP contribution in [0, 0.1) is 13.8 Å². The first-order valence-corrected chi connectivity index (χ1v) is 10.5. The molecule has 0 unspecified atom stereocenters. The Labute approximate surface area is 168 Å². The molecule has 0 spiro atoms. The van der Waals surface area contributed by atoms with Crippen LogP contribution in [-0.4, -0.2) is 30.2 Å². The van der Waals surface area contributed by atoms with Gasteiger partial charge in [0, 0.05) is 23.2 Å². The summed E-state index contributed by atoms with van der Waals surface area (Å²) in [6.07, 6.45) is 1.40. The molecule has 150 valence electrons. The van der Waals surface area contributed by atoms with Crippen molar-refractivity contribution >= 4 is 32.5 Å². The van der Waals surface area contributed by atoms with Gasteiger partial charge < -0.3 is 14.8 Å². The quantitative estimate of drug-likeness (QED) is 0.530. The molecule has 2 N–H and O–H groups in total. The maximum Gasteiger partial charge on any atom is 0.241 e. The highest BCUT2D eigenvalue weighted by atomic mass is 32.2. The number of hydrogen-bond acceptors (Lipinski definition) is 5. The summed E-state index contributed by atoms with van der Waals surface area (Å²) in [6.45, 7) is 3.76. The van der Waals surface area contributed by atoms with Crippen LogP contribution < -0.4 is 5.32 Å². The Kier molecular flexibility index (Phi) is 6.13. The lowest BCUT2D eigenvalue weighted by molar-refractivity contribution is -0.113. The van der Waals surface area contributed by atoms with Gasteiger partial charge >= 0.3 is 0 Å². The summed E-state index contributed by atoms with van der Waals surface area (Å²) in [4.78, 5) is 14.9. The van der Waals surface area contributed by atoms with Crippen molar-refractivity contribution in [3.8, 4) is 0 Å². The number of carbonyl (C=O) groups excluding carboxylic acids is 1. The molecule has 7 nitrogen and oxygen atoms in total. The van der Waals surface area contributed by atoms with Crippen LogP contribution in [0.5, 0.6) is 0 Å². The number of aromatic amines is 1. The lowest BCUT2D eigenvalue weighted by atomic mass is 10.2. The monoisotopic (exact) mass is 411 g/mol. The molecule has 0 aliphatic heterocycles. The molecule has 4 rings (SSSR count). The Bertz CT molecular complexity index is 1210. The molecule has 0 aliphatic rings. The molecule has 0 bridgehead atoms. The second kappa shape index (κ2) is 8.74. The van der Waals surface area contributed by atoms with Crippen LogP contribution in [0.1, 0.15) is 11.3 Å². The van der Waals surface area contributed by atoms with E-state index in [4.69, 9.17) is 4.52 Å². The molecule has 0 saturated heterocycles. The van der Waals surface area contributed by atoms with E-state index < -0.39 is 21.5 Å². The smallest absolute Gasteiger partial charge is 0.241 e. The fraction of sp³-hybridized carbons (Fsp3) is 0.143. The minimum absolute atomic E-state index is 0.106. The van der Waals surface area contributed by atoms with Gasteiger partial charge in [-0.15, -0.1) is 0 Å². The molecule has 0 saturated carbocycles. The molecule has 0 radical (unpaired) electrons.